The Morgan fingerprint density at radius 1 is 1.33 bits per heavy atom. The summed E-state index contributed by atoms with van der Waals surface area (Å²) in [6, 6.07) is 5.97. The quantitative estimate of drug-likeness (QED) is 0.911. The van der Waals surface area contributed by atoms with E-state index < -0.39 is 5.97 Å². The minimum absolute atomic E-state index is 0.138. The summed E-state index contributed by atoms with van der Waals surface area (Å²) in [5, 5.41) is 9.02. The topological polar surface area (TPSA) is 56.7 Å². The third-order valence-electron chi connectivity index (χ3n) is 4.87. The maximum Gasteiger partial charge on any atom is 0.354 e. The van der Waals surface area contributed by atoms with Crippen LogP contribution in [0.4, 0.5) is 0 Å². The molecule has 5 nitrogen and oxygen atoms in total. The Kier molecular flexibility index (Phi) is 3.95. The first kappa shape index (κ1) is 14.5. The molecule has 0 radical (unpaired) electrons. The number of aromatic nitrogens is 1. The van der Waals surface area contributed by atoms with Gasteiger partial charge in [-0.25, -0.2) is 9.78 Å². The molecule has 1 saturated heterocycles. The van der Waals surface area contributed by atoms with Crippen LogP contribution in [0.2, 0.25) is 0 Å². The zero-order valence-electron chi connectivity index (χ0n) is 12.7. The fourth-order valence-corrected chi connectivity index (χ4v) is 4.18. The van der Waals surface area contributed by atoms with Crippen molar-refractivity contribution >= 4 is 5.97 Å². The van der Waals surface area contributed by atoms with Gasteiger partial charge in [-0.1, -0.05) is 6.07 Å². The minimum Gasteiger partial charge on any atom is -0.477 e. The van der Waals surface area contributed by atoms with E-state index in [-0.39, 0.29) is 5.69 Å². The summed E-state index contributed by atoms with van der Waals surface area (Å²) < 4.78 is 0. The van der Waals surface area contributed by atoms with Crippen LogP contribution in [-0.2, 0) is 6.54 Å². The summed E-state index contributed by atoms with van der Waals surface area (Å²) in [6.45, 7) is 2.95. The molecule has 2 heterocycles. The highest BCUT2D eigenvalue weighted by atomic mass is 16.4. The third kappa shape index (κ3) is 2.94. The molecule has 1 aliphatic carbocycles. The van der Waals surface area contributed by atoms with Crippen LogP contribution in [0, 0.1) is 11.8 Å². The average molecular weight is 289 g/mol. The first-order valence-electron chi connectivity index (χ1n) is 7.62. The number of carboxylic acid groups (broad SMARTS) is 1. The number of hydrogen-bond acceptors (Lipinski definition) is 4. The molecule has 0 amide bonds. The number of piperidine rings is 1. The minimum atomic E-state index is -0.955. The molecule has 2 bridgehead atoms. The molecule has 1 saturated carbocycles. The fourth-order valence-electron chi connectivity index (χ4n) is 4.18. The molecule has 1 aromatic rings. The second kappa shape index (κ2) is 5.73. The molecule has 0 aromatic carbocycles. The molecule has 5 heteroatoms. The van der Waals surface area contributed by atoms with Gasteiger partial charge in [-0.05, 0) is 50.9 Å². The van der Waals surface area contributed by atoms with Crippen molar-refractivity contribution < 1.29 is 9.90 Å². The van der Waals surface area contributed by atoms with E-state index >= 15 is 0 Å². The van der Waals surface area contributed by atoms with Crippen molar-refractivity contribution in [3.05, 3.63) is 29.6 Å². The number of carbonyl (C=O) groups is 1. The molecule has 3 atom stereocenters. The highest BCUT2D eigenvalue weighted by Crippen LogP contribution is 2.39. The molecule has 1 aliphatic heterocycles. The first-order chi connectivity index (χ1) is 10.0. The predicted octanol–water partition coefficient (Wildman–Crippen LogP) is 1.55. The van der Waals surface area contributed by atoms with Crippen molar-refractivity contribution in [3.8, 4) is 0 Å². The molecular formula is C16H23N3O2. The Labute approximate surface area is 125 Å². The van der Waals surface area contributed by atoms with E-state index in [1.54, 1.807) is 12.1 Å². The van der Waals surface area contributed by atoms with Gasteiger partial charge in [-0.15, -0.1) is 0 Å². The van der Waals surface area contributed by atoms with E-state index in [0.29, 0.717) is 6.04 Å². The number of carboxylic acids is 1. The molecule has 1 N–H and O–H groups in total. The Balaban J connectivity index is 1.68. The Morgan fingerprint density at radius 2 is 2.00 bits per heavy atom. The molecule has 2 fully saturated rings. The van der Waals surface area contributed by atoms with Crippen LogP contribution in [-0.4, -0.2) is 59.1 Å². The third-order valence-corrected chi connectivity index (χ3v) is 4.87. The number of nitrogens with zero attached hydrogens (tertiary/aromatic N) is 3. The monoisotopic (exact) mass is 289 g/mol. The summed E-state index contributed by atoms with van der Waals surface area (Å²) >= 11 is 0. The van der Waals surface area contributed by atoms with Crippen molar-refractivity contribution in [3.63, 3.8) is 0 Å². The zero-order chi connectivity index (χ0) is 15.0. The van der Waals surface area contributed by atoms with Crippen LogP contribution < -0.4 is 0 Å². The van der Waals surface area contributed by atoms with Crippen molar-refractivity contribution in [2.24, 2.45) is 11.8 Å². The molecule has 0 spiro atoms. The predicted molar refractivity (Wildman–Crippen MR) is 80.2 cm³/mol. The number of rotatable bonds is 4. The van der Waals surface area contributed by atoms with Crippen LogP contribution in [0.25, 0.3) is 0 Å². The largest absolute Gasteiger partial charge is 0.477 e. The first-order valence-corrected chi connectivity index (χ1v) is 7.62. The number of aromatic carboxylic acids is 1. The maximum atomic E-state index is 11.0. The smallest absolute Gasteiger partial charge is 0.354 e. The molecule has 114 valence electrons. The number of fused-ring (bicyclic) bond motifs is 2. The SMILES string of the molecule is CN(C)C1[C@@H]2CC[C@H]1CN(Cc1cccc(C(=O)O)n1)C2. The van der Waals surface area contributed by atoms with Crippen molar-refractivity contribution in [1.82, 2.24) is 14.8 Å². The molecule has 21 heavy (non-hydrogen) atoms. The number of likely N-dealkylation sites (tertiary alicyclic amines) is 1. The average Bonchev–Trinajstić information content (AvgIpc) is 2.71. The molecule has 1 aromatic heterocycles. The van der Waals surface area contributed by atoms with Crippen LogP contribution in [0.1, 0.15) is 29.0 Å². The highest BCUT2D eigenvalue weighted by Gasteiger charge is 2.42. The van der Waals surface area contributed by atoms with E-state index in [1.165, 1.54) is 12.8 Å². The lowest BCUT2D eigenvalue weighted by Gasteiger charge is -2.41. The van der Waals surface area contributed by atoms with Gasteiger partial charge in [-0.3, -0.25) is 4.90 Å². The second-order valence-electron chi connectivity index (χ2n) is 6.57. The van der Waals surface area contributed by atoms with Gasteiger partial charge in [0.1, 0.15) is 5.69 Å². The fraction of sp³-hybridized carbons (Fsp3) is 0.625. The zero-order valence-corrected chi connectivity index (χ0v) is 12.7. The summed E-state index contributed by atoms with van der Waals surface area (Å²) in [5.74, 6) is 0.519. The normalized spacial score (nSPS) is 29.0. The van der Waals surface area contributed by atoms with Crippen LogP contribution >= 0.6 is 0 Å². The van der Waals surface area contributed by atoms with E-state index in [1.807, 2.05) is 6.07 Å². The van der Waals surface area contributed by atoms with E-state index in [4.69, 9.17) is 5.11 Å². The van der Waals surface area contributed by atoms with Gasteiger partial charge in [0.05, 0.1) is 5.69 Å². The molecular weight excluding hydrogens is 266 g/mol. The summed E-state index contributed by atoms with van der Waals surface area (Å²) in [5.41, 5.74) is 0.997. The van der Waals surface area contributed by atoms with Crippen molar-refractivity contribution in [2.45, 2.75) is 25.4 Å². The molecule has 2 aliphatic rings. The summed E-state index contributed by atoms with van der Waals surface area (Å²) in [4.78, 5) is 20.1. The molecule has 1 unspecified atom stereocenters. The van der Waals surface area contributed by atoms with Gasteiger partial charge in [-0.2, -0.15) is 0 Å². The van der Waals surface area contributed by atoms with Gasteiger partial charge in [0.2, 0.25) is 0 Å². The Hall–Kier alpha value is -1.46. The van der Waals surface area contributed by atoms with E-state index in [2.05, 4.69) is 28.9 Å². The Morgan fingerprint density at radius 3 is 2.57 bits per heavy atom. The van der Waals surface area contributed by atoms with Gasteiger partial charge in [0, 0.05) is 25.7 Å². The van der Waals surface area contributed by atoms with Crippen LogP contribution in [0.3, 0.4) is 0 Å². The van der Waals surface area contributed by atoms with Gasteiger partial charge >= 0.3 is 5.97 Å². The van der Waals surface area contributed by atoms with Gasteiger partial charge < -0.3 is 10.0 Å². The van der Waals surface area contributed by atoms with E-state index in [9.17, 15) is 4.79 Å². The summed E-state index contributed by atoms with van der Waals surface area (Å²) in [6.07, 6.45) is 2.62. The number of pyridine rings is 1. The second-order valence-corrected chi connectivity index (χ2v) is 6.57. The Bertz CT molecular complexity index is 518. The van der Waals surface area contributed by atoms with E-state index in [0.717, 1.165) is 37.2 Å². The standard InChI is InChI=1S/C16H23N3O2/c1-18(2)15-11-6-7-12(15)9-19(8-11)10-13-4-3-5-14(17-13)16(20)21/h3-5,11-12,15H,6-10H2,1-2H3,(H,20,21)/t11-,12+,15?. The lowest BCUT2D eigenvalue weighted by atomic mass is 9.91. The van der Waals surface area contributed by atoms with Gasteiger partial charge in [0.25, 0.3) is 0 Å². The summed E-state index contributed by atoms with van der Waals surface area (Å²) in [7, 11) is 4.37. The van der Waals surface area contributed by atoms with Crippen LogP contribution in [0.15, 0.2) is 18.2 Å². The van der Waals surface area contributed by atoms with Gasteiger partial charge in [0.15, 0.2) is 0 Å². The lowest BCUT2D eigenvalue weighted by Crippen LogP contribution is -2.50. The maximum absolute atomic E-state index is 11.0. The number of hydrogen-bond donors (Lipinski definition) is 1. The highest BCUT2D eigenvalue weighted by molar-refractivity contribution is 5.85. The lowest BCUT2D eigenvalue weighted by molar-refractivity contribution is 0.0678. The van der Waals surface area contributed by atoms with Crippen LogP contribution in [0.5, 0.6) is 0 Å². The van der Waals surface area contributed by atoms with Crippen molar-refractivity contribution in [1.29, 1.82) is 0 Å². The molecule has 3 rings (SSSR count). The van der Waals surface area contributed by atoms with Crippen molar-refractivity contribution in [2.75, 3.05) is 27.2 Å².